The van der Waals surface area contributed by atoms with Crippen molar-refractivity contribution < 1.29 is 8.42 Å². The molecule has 9 heteroatoms. The first-order valence-electron chi connectivity index (χ1n) is 7.55. The van der Waals surface area contributed by atoms with Gasteiger partial charge in [0, 0.05) is 19.1 Å². The van der Waals surface area contributed by atoms with E-state index < -0.39 is 10.0 Å². The van der Waals surface area contributed by atoms with Gasteiger partial charge in [-0.05, 0) is 37.8 Å². The van der Waals surface area contributed by atoms with Crippen LogP contribution in [0.4, 0.5) is 5.82 Å². The number of hydrogen-bond acceptors (Lipinski definition) is 6. The molecule has 2 aromatic rings. The molecule has 2 aromatic heterocycles. The van der Waals surface area contributed by atoms with Gasteiger partial charge in [0.1, 0.15) is 12.1 Å². The van der Waals surface area contributed by atoms with E-state index in [1.807, 2.05) is 12.1 Å². The molecule has 4 rings (SSSR count). The molecule has 0 radical (unpaired) electrons. The zero-order valence-electron chi connectivity index (χ0n) is 12.1. The summed E-state index contributed by atoms with van der Waals surface area (Å²) in [5.41, 5.74) is 0.701. The van der Waals surface area contributed by atoms with E-state index >= 15 is 0 Å². The summed E-state index contributed by atoms with van der Waals surface area (Å²) in [6.45, 7) is 1.52. The van der Waals surface area contributed by atoms with Crippen molar-refractivity contribution in [3.63, 3.8) is 0 Å². The van der Waals surface area contributed by atoms with Crippen LogP contribution in [0.5, 0.6) is 0 Å². The topological polar surface area (TPSA) is 92.5 Å². The Bertz CT molecular complexity index is 785. The lowest BCUT2D eigenvalue weighted by molar-refractivity contribution is 0.462. The van der Waals surface area contributed by atoms with E-state index in [9.17, 15) is 8.42 Å². The number of nitrogens with one attached hydrogen (secondary N) is 1. The van der Waals surface area contributed by atoms with E-state index in [2.05, 4.69) is 24.9 Å². The zero-order chi connectivity index (χ0) is 15.2. The maximum atomic E-state index is 12.1. The fourth-order valence-corrected chi connectivity index (χ4v) is 4.48. The Morgan fingerprint density at radius 3 is 2.91 bits per heavy atom. The number of piperidine rings is 1. The Labute approximate surface area is 128 Å². The third-order valence-electron chi connectivity index (χ3n) is 4.19. The predicted molar refractivity (Wildman–Crippen MR) is 81.1 cm³/mol. The van der Waals surface area contributed by atoms with Crippen LogP contribution in [0.25, 0.3) is 5.65 Å². The summed E-state index contributed by atoms with van der Waals surface area (Å²) in [6, 6.07) is 3.73. The van der Waals surface area contributed by atoms with Crippen LogP contribution in [0.1, 0.15) is 25.7 Å². The molecule has 0 bridgehead atoms. The number of aromatic nitrogens is 4. The van der Waals surface area contributed by atoms with E-state index in [0.717, 1.165) is 38.0 Å². The van der Waals surface area contributed by atoms with Crippen molar-refractivity contribution >= 4 is 21.5 Å². The second kappa shape index (κ2) is 5.17. The molecule has 2 fully saturated rings. The summed E-state index contributed by atoms with van der Waals surface area (Å²) in [4.78, 5) is 2.11. The third kappa shape index (κ3) is 2.66. The highest BCUT2D eigenvalue weighted by molar-refractivity contribution is 7.90. The van der Waals surface area contributed by atoms with Gasteiger partial charge < -0.3 is 4.90 Å². The Hall–Kier alpha value is -1.74. The van der Waals surface area contributed by atoms with Crippen molar-refractivity contribution in [1.29, 1.82) is 0 Å². The van der Waals surface area contributed by atoms with Crippen molar-refractivity contribution in [1.82, 2.24) is 24.5 Å². The minimum Gasteiger partial charge on any atom is -0.354 e. The van der Waals surface area contributed by atoms with Gasteiger partial charge in [0.15, 0.2) is 5.65 Å². The van der Waals surface area contributed by atoms with Crippen LogP contribution in [0, 0.1) is 0 Å². The highest BCUT2D eigenvalue weighted by atomic mass is 32.2. The SMILES string of the molecule is O=S(=O)(NC1CCCN(c2ccc3nncn3n2)C1)C1CC1. The third-order valence-corrected chi connectivity index (χ3v) is 6.20. The van der Waals surface area contributed by atoms with Crippen molar-refractivity contribution in [2.24, 2.45) is 0 Å². The van der Waals surface area contributed by atoms with Crippen molar-refractivity contribution in [3.05, 3.63) is 18.5 Å². The first-order chi connectivity index (χ1) is 10.6. The average molecular weight is 322 g/mol. The summed E-state index contributed by atoms with van der Waals surface area (Å²) in [7, 11) is -3.14. The number of fused-ring (bicyclic) bond motifs is 1. The zero-order valence-corrected chi connectivity index (χ0v) is 12.9. The van der Waals surface area contributed by atoms with Crippen LogP contribution < -0.4 is 9.62 Å². The van der Waals surface area contributed by atoms with Gasteiger partial charge in [-0.2, -0.15) is 4.52 Å². The van der Waals surface area contributed by atoms with Crippen LogP contribution in [0.15, 0.2) is 18.5 Å². The normalized spacial score (nSPS) is 23.1. The van der Waals surface area contributed by atoms with E-state index in [-0.39, 0.29) is 11.3 Å². The fraction of sp³-hybridized carbons (Fsp3) is 0.615. The summed E-state index contributed by atoms with van der Waals surface area (Å²) >= 11 is 0. The molecule has 1 atom stereocenters. The van der Waals surface area contributed by atoms with Gasteiger partial charge in [0.25, 0.3) is 0 Å². The second-order valence-electron chi connectivity index (χ2n) is 5.97. The van der Waals surface area contributed by atoms with Crippen molar-refractivity contribution in [2.75, 3.05) is 18.0 Å². The molecule has 0 spiro atoms. The number of rotatable bonds is 4. The Kier molecular flexibility index (Phi) is 3.26. The van der Waals surface area contributed by atoms with Gasteiger partial charge in [-0.3, -0.25) is 0 Å². The molecule has 3 heterocycles. The average Bonchev–Trinajstić information content (AvgIpc) is 3.26. The summed E-state index contributed by atoms with van der Waals surface area (Å²) in [5, 5.41) is 12.1. The van der Waals surface area contributed by atoms with Gasteiger partial charge in [0.05, 0.1) is 5.25 Å². The standard InChI is InChI=1S/C13H18N6O2S/c20-22(21,11-3-4-11)17-10-2-1-7-18(8-10)13-6-5-12-15-14-9-19(12)16-13/h5-6,9-11,17H,1-4,7-8H2. The maximum absolute atomic E-state index is 12.1. The van der Waals surface area contributed by atoms with Gasteiger partial charge >= 0.3 is 0 Å². The van der Waals surface area contributed by atoms with Crippen LogP contribution in [0.2, 0.25) is 0 Å². The highest BCUT2D eigenvalue weighted by Crippen LogP contribution is 2.28. The maximum Gasteiger partial charge on any atom is 0.214 e. The summed E-state index contributed by atoms with van der Waals surface area (Å²) in [6.07, 6.45) is 4.96. The van der Waals surface area contributed by atoms with Gasteiger partial charge in [-0.15, -0.1) is 15.3 Å². The molecule has 22 heavy (non-hydrogen) atoms. The lowest BCUT2D eigenvalue weighted by Gasteiger charge is -2.33. The number of nitrogens with zero attached hydrogens (tertiary/aromatic N) is 5. The Morgan fingerprint density at radius 1 is 1.23 bits per heavy atom. The quantitative estimate of drug-likeness (QED) is 0.863. The highest BCUT2D eigenvalue weighted by Gasteiger charge is 2.37. The number of sulfonamides is 1. The fourth-order valence-electron chi connectivity index (χ4n) is 2.88. The summed E-state index contributed by atoms with van der Waals surface area (Å²) in [5.74, 6) is 0.822. The molecule has 1 aliphatic heterocycles. The van der Waals surface area contributed by atoms with Crippen LogP contribution in [-0.4, -0.2) is 52.6 Å². The van der Waals surface area contributed by atoms with Crippen LogP contribution >= 0.6 is 0 Å². The minimum absolute atomic E-state index is 0.0437. The first-order valence-corrected chi connectivity index (χ1v) is 9.10. The van der Waals surface area contributed by atoms with Gasteiger partial charge in [0.2, 0.25) is 10.0 Å². The minimum atomic E-state index is -3.14. The molecule has 1 saturated heterocycles. The van der Waals surface area contributed by atoms with Gasteiger partial charge in [-0.1, -0.05) is 0 Å². The molecule has 0 amide bonds. The van der Waals surface area contributed by atoms with Crippen molar-refractivity contribution in [3.8, 4) is 0 Å². The van der Waals surface area contributed by atoms with Crippen LogP contribution in [-0.2, 0) is 10.0 Å². The molecule has 1 saturated carbocycles. The number of hydrogen-bond donors (Lipinski definition) is 1. The predicted octanol–water partition coefficient (Wildman–Crippen LogP) is 0.175. The smallest absolute Gasteiger partial charge is 0.214 e. The van der Waals surface area contributed by atoms with E-state index in [1.54, 1.807) is 10.8 Å². The molecule has 118 valence electrons. The van der Waals surface area contributed by atoms with Crippen LogP contribution in [0.3, 0.4) is 0 Å². The van der Waals surface area contributed by atoms with E-state index in [1.165, 1.54) is 0 Å². The monoisotopic (exact) mass is 322 g/mol. The van der Waals surface area contributed by atoms with E-state index in [0.29, 0.717) is 12.2 Å². The molecule has 0 aromatic carbocycles. The molecule has 1 N–H and O–H groups in total. The molecule has 2 aliphatic rings. The molecule has 8 nitrogen and oxygen atoms in total. The molecule has 1 aliphatic carbocycles. The van der Waals surface area contributed by atoms with E-state index in [4.69, 9.17) is 0 Å². The van der Waals surface area contributed by atoms with Gasteiger partial charge in [-0.25, -0.2) is 13.1 Å². The van der Waals surface area contributed by atoms with Crippen molar-refractivity contribution in [2.45, 2.75) is 37.0 Å². The number of anilines is 1. The largest absolute Gasteiger partial charge is 0.354 e. The first kappa shape index (κ1) is 13.9. The lowest BCUT2D eigenvalue weighted by atomic mass is 10.1. The second-order valence-corrected chi connectivity index (χ2v) is 7.97. The Morgan fingerprint density at radius 2 is 2.09 bits per heavy atom. The molecular weight excluding hydrogens is 304 g/mol. The Balaban J connectivity index is 1.50. The molecular formula is C13H18N6O2S. The lowest BCUT2D eigenvalue weighted by Crippen LogP contribution is -2.48. The summed E-state index contributed by atoms with van der Waals surface area (Å²) < 4.78 is 28.6. The molecule has 1 unspecified atom stereocenters.